The molecule has 332 valence electrons. The van der Waals surface area contributed by atoms with Crippen LogP contribution in [0, 0.1) is 20.8 Å². The van der Waals surface area contributed by atoms with E-state index in [1.165, 1.54) is 17.2 Å². The second-order valence-corrected chi connectivity index (χ2v) is 17.8. The van der Waals surface area contributed by atoms with Crippen LogP contribution in [0.25, 0.3) is 111 Å². The zero-order chi connectivity index (χ0) is 47.0. The number of hydrogen-bond donors (Lipinski definition) is 0. The Hall–Kier alpha value is -8.62. The van der Waals surface area contributed by atoms with Crippen LogP contribution in [0.5, 0.6) is 0 Å². The van der Waals surface area contributed by atoms with Gasteiger partial charge in [-0.1, -0.05) is 150 Å². The fourth-order valence-electron chi connectivity index (χ4n) is 9.76. The summed E-state index contributed by atoms with van der Waals surface area (Å²) in [7, 11) is 0. The molecule has 0 amide bonds. The Morgan fingerprint density at radius 2 is 0.754 bits per heavy atom. The highest BCUT2D eigenvalue weighted by Gasteiger charge is 2.32. The number of halogens is 3. The van der Waals surface area contributed by atoms with E-state index in [0.29, 0.717) is 28.5 Å². The minimum absolute atomic E-state index is 0.111. The Morgan fingerprint density at radius 1 is 0.333 bits per heavy atom. The molecule has 9 aromatic carbocycles. The van der Waals surface area contributed by atoms with Crippen LogP contribution in [0.4, 0.5) is 13.2 Å². The lowest BCUT2D eigenvalue weighted by Gasteiger charge is -2.18. The van der Waals surface area contributed by atoms with Crippen LogP contribution in [-0.2, 0) is 6.18 Å². The normalized spacial score (nSPS) is 11.9. The average Bonchev–Trinajstić information content (AvgIpc) is 3.88. The van der Waals surface area contributed by atoms with E-state index in [4.69, 9.17) is 15.0 Å². The molecule has 0 aliphatic rings. The standard InChI is InChI=1S/C61H42F3N5/c1-37-17-22-40(23-18-37)43-26-30-54-48(34-43)46-13-7-9-15-52(46)68(54)56-29-21-39(3)33-50(56)59-65-58(42-11-5-4-6-12-42)66-60(67-59)51-36-45(61(62,63)64)28-32-57(51)69-53-16-10-8-14-47(53)49-35-44(27-31-55(49)69)41-24-19-38(2)20-25-41/h4-36H,1-3H3. The monoisotopic (exact) mass is 901 g/mol. The molecule has 0 aliphatic heterocycles. The summed E-state index contributed by atoms with van der Waals surface area (Å²) >= 11 is 0. The van der Waals surface area contributed by atoms with Crippen molar-refractivity contribution in [3.05, 3.63) is 222 Å². The minimum Gasteiger partial charge on any atom is -0.309 e. The van der Waals surface area contributed by atoms with Gasteiger partial charge in [0, 0.05) is 38.2 Å². The number of aryl methyl sites for hydroxylation is 3. The van der Waals surface area contributed by atoms with E-state index in [-0.39, 0.29) is 11.4 Å². The van der Waals surface area contributed by atoms with Crippen molar-refractivity contribution in [3.8, 4) is 67.8 Å². The topological polar surface area (TPSA) is 48.5 Å². The molecule has 69 heavy (non-hydrogen) atoms. The molecular weight excluding hydrogens is 860 g/mol. The molecule has 0 saturated carbocycles. The zero-order valence-electron chi connectivity index (χ0n) is 37.9. The quantitative estimate of drug-likeness (QED) is 0.160. The van der Waals surface area contributed by atoms with Gasteiger partial charge in [-0.05, 0) is 110 Å². The Kier molecular flexibility index (Phi) is 9.88. The lowest BCUT2D eigenvalue weighted by Crippen LogP contribution is -2.09. The Balaban J connectivity index is 1.11. The summed E-state index contributed by atoms with van der Waals surface area (Å²) in [5.74, 6) is 0.772. The predicted molar refractivity (Wildman–Crippen MR) is 275 cm³/mol. The van der Waals surface area contributed by atoms with Gasteiger partial charge in [-0.15, -0.1) is 0 Å². The highest BCUT2D eigenvalue weighted by Crippen LogP contribution is 2.42. The van der Waals surface area contributed by atoms with Crippen molar-refractivity contribution in [2.75, 3.05) is 0 Å². The van der Waals surface area contributed by atoms with E-state index >= 15 is 0 Å². The van der Waals surface area contributed by atoms with Crippen molar-refractivity contribution in [3.63, 3.8) is 0 Å². The summed E-state index contributed by atoms with van der Waals surface area (Å²) in [5, 5.41) is 4.11. The van der Waals surface area contributed by atoms with E-state index in [0.717, 1.165) is 83.2 Å². The van der Waals surface area contributed by atoms with Gasteiger partial charge >= 0.3 is 6.18 Å². The molecule has 8 heteroatoms. The van der Waals surface area contributed by atoms with Gasteiger partial charge in [0.25, 0.3) is 0 Å². The molecule has 3 aromatic heterocycles. The first-order chi connectivity index (χ1) is 33.6. The number of rotatable bonds is 7. The average molecular weight is 902 g/mol. The first kappa shape index (κ1) is 41.8. The summed E-state index contributed by atoms with van der Waals surface area (Å²) in [5.41, 5.74) is 13.5. The van der Waals surface area contributed by atoms with Crippen molar-refractivity contribution in [1.29, 1.82) is 0 Å². The molecule has 0 spiro atoms. The Bertz CT molecular complexity index is 3960. The smallest absolute Gasteiger partial charge is 0.309 e. The van der Waals surface area contributed by atoms with E-state index in [1.807, 2.05) is 66.1 Å². The van der Waals surface area contributed by atoms with E-state index in [1.54, 1.807) is 6.07 Å². The molecular formula is C61H42F3N5. The number of para-hydroxylation sites is 2. The lowest BCUT2D eigenvalue weighted by molar-refractivity contribution is -0.137. The van der Waals surface area contributed by atoms with Crippen LogP contribution in [0.2, 0.25) is 0 Å². The van der Waals surface area contributed by atoms with Gasteiger partial charge in [0.05, 0.1) is 39.0 Å². The molecule has 3 heterocycles. The van der Waals surface area contributed by atoms with Crippen molar-refractivity contribution >= 4 is 43.6 Å². The van der Waals surface area contributed by atoms with Gasteiger partial charge in [0.1, 0.15) is 0 Å². The van der Waals surface area contributed by atoms with Crippen molar-refractivity contribution < 1.29 is 13.2 Å². The summed E-state index contributed by atoms with van der Waals surface area (Å²) in [6, 6.07) is 65.7. The first-order valence-corrected chi connectivity index (χ1v) is 22.9. The summed E-state index contributed by atoms with van der Waals surface area (Å²) in [6.07, 6.45) is -4.64. The number of hydrogen-bond acceptors (Lipinski definition) is 3. The molecule has 0 radical (unpaired) electrons. The SMILES string of the molecule is Cc1ccc(-c2ccc3c(c2)c2ccccc2n3-c2ccc(C)cc2-c2nc(-c3ccccc3)nc(-c3cc(C(F)(F)F)ccc3-n3c4ccccc4c4cc(-c5ccc(C)cc5)ccc43)n2)cc1. The maximum absolute atomic E-state index is 15.0. The second-order valence-electron chi connectivity index (χ2n) is 17.8. The number of benzene rings is 9. The maximum atomic E-state index is 15.0. The Labute approximate surface area is 396 Å². The Morgan fingerprint density at radius 3 is 1.28 bits per heavy atom. The molecule has 0 unspecified atom stereocenters. The number of alkyl halides is 3. The van der Waals surface area contributed by atoms with Gasteiger partial charge in [-0.25, -0.2) is 15.0 Å². The predicted octanol–water partition coefficient (Wildman–Crippen LogP) is 16.3. The molecule has 0 fully saturated rings. The molecule has 0 atom stereocenters. The minimum atomic E-state index is -4.64. The highest BCUT2D eigenvalue weighted by atomic mass is 19.4. The maximum Gasteiger partial charge on any atom is 0.416 e. The van der Waals surface area contributed by atoms with Crippen molar-refractivity contribution in [2.24, 2.45) is 0 Å². The number of aromatic nitrogens is 5. The van der Waals surface area contributed by atoms with Crippen molar-refractivity contribution in [2.45, 2.75) is 26.9 Å². The molecule has 0 N–H and O–H groups in total. The van der Waals surface area contributed by atoms with Crippen LogP contribution >= 0.6 is 0 Å². The summed E-state index contributed by atoms with van der Waals surface area (Å²) < 4.78 is 49.2. The third-order valence-electron chi connectivity index (χ3n) is 13.2. The third-order valence-corrected chi connectivity index (χ3v) is 13.2. The van der Waals surface area contributed by atoms with Gasteiger partial charge in [-0.2, -0.15) is 13.2 Å². The van der Waals surface area contributed by atoms with Gasteiger partial charge in [0.15, 0.2) is 17.5 Å². The lowest BCUT2D eigenvalue weighted by atomic mass is 10.0. The fourth-order valence-corrected chi connectivity index (χ4v) is 9.76. The van der Waals surface area contributed by atoms with Crippen LogP contribution in [0.3, 0.4) is 0 Å². The van der Waals surface area contributed by atoms with Crippen LogP contribution in [0.15, 0.2) is 200 Å². The first-order valence-electron chi connectivity index (χ1n) is 22.9. The van der Waals surface area contributed by atoms with Crippen LogP contribution < -0.4 is 0 Å². The second kappa shape index (κ2) is 16.3. The molecule has 12 rings (SSSR count). The fraction of sp³-hybridized carbons (Fsp3) is 0.0656. The molecule has 0 bridgehead atoms. The number of fused-ring (bicyclic) bond motifs is 6. The summed E-state index contributed by atoms with van der Waals surface area (Å²) in [4.78, 5) is 15.5. The zero-order valence-corrected chi connectivity index (χ0v) is 37.9. The molecule has 5 nitrogen and oxygen atoms in total. The van der Waals surface area contributed by atoms with Gasteiger partial charge in [-0.3, -0.25) is 0 Å². The van der Waals surface area contributed by atoms with Crippen LogP contribution in [-0.4, -0.2) is 24.1 Å². The molecule has 0 saturated heterocycles. The van der Waals surface area contributed by atoms with Crippen LogP contribution in [0.1, 0.15) is 22.3 Å². The largest absolute Gasteiger partial charge is 0.416 e. The number of nitrogens with zero attached hydrogens (tertiary/aromatic N) is 5. The van der Waals surface area contributed by atoms with E-state index in [9.17, 15) is 13.2 Å². The van der Waals surface area contributed by atoms with Crippen molar-refractivity contribution in [1.82, 2.24) is 24.1 Å². The van der Waals surface area contributed by atoms with E-state index in [2.05, 4.69) is 146 Å². The van der Waals surface area contributed by atoms with Gasteiger partial charge < -0.3 is 9.13 Å². The molecule has 0 aliphatic carbocycles. The van der Waals surface area contributed by atoms with E-state index < -0.39 is 11.7 Å². The molecule has 12 aromatic rings. The summed E-state index contributed by atoms with van der Waals surface area (Å²) in [6.45, 7) is 6.17. The highest BCUT2D eigenvalue weighted by molar-refractivity contribution is 6.12. The van der Waals surface area contributed by atoms with Gasteiger partial charge in [0.2, 0.25) is 0 Å². The third kappa shape index (κ3) is 7.32.